The molecule has 1 aromatic carbocycles. The van der Waals surface area contributed by atoms with E-state index >= 15 is 0 Å². The molecule has 1 unspecified atom stereocenters. The molecule has 1 atom stereocenters. The van der Waals surface area contributed by atoms with Gasteiger partial charge in [0, 0.05) is 38.6 Å². The summed E-state index contributed by atoms with van der Waals surface area (Å²) in [5.74, 6) is 0.434. The molecule has 5 nitrogen and oxygen atoms in total. The van der Waals surface area contributed by atoms with Crippen molar-refractivity contribution in [2.45, 2.75) is 6.04 Å². The van der Waals surface area contributed by atoms with Gasteiger partial charge in [-0.1, -0.05) is 12.1 Å². The van der Waals surface area contributed by atoms with Crippen molar-refractivity contribution in [3.8, 4) is 6.07 Å². The van der Waals surface area contributed by atoms with Crippen LogP contribution in [0.5, 0.6) is 0 Å². The van der Waals surface area contributed by atoms with Crippen LogP contribution in [0.1, 0.15) is 11.6 Å². The van der Waals surface area contributed by atoms with Crippen LogP contribution in [-0.2, 0) is 0 Å². The molecule has 0 aliphatic carbocycles. The van der Waals surface area contributed by atoms with Crippen LogP contribution < -0.4 is 4.90 Å². The molecule has 2 heterocycles. The van der Waals surface area contributed by atoms with Crippen molar-refractivity contribution in [1.29, 1.82) is 5.26 Å². The standard InChI is InChI=1S/C16H16FN5/c17-14-4-2-13(3-5-14)15(12-18)21-8-10-22(11-9-21)16-19-6-1-7-20-16/h1-7,15H,8-11H2. The monoisotopic (exact) mass is 297 g/mol. The van der Waals surface area contributed by atoms with Gasteiger partial charge in [-0.05, 0) is 23.8 Å². The maximum absolute atomic E-state index is 13.0. The van der Waals surface area contributed by atoms with Crippen molar-refractivity contribution < 1.29 is 4.39 Å². The summed E-state index contributed by atoms with van der Waals surface area (Å²) in [5.41, 5.74) is 0.827. The summed E-state index contributed by atoms with van der Waals surface area (Å²) in [5, 5.41) is 9.46. The topological polar surface area (TPSA) is 56.1 Å². The second-order valence-corrected chi connectivity index (χ2v) is 5.15. The molecule has 1 aliphatic heterocycles. The highest BCUT2D eigenvalue weighted by atomic mass is 19.1. The van der Waals surface area contributed by atoms with Crippen LogP contribution in [0.25, 0.3) is 0 Å². The number of aromatic nitrogens is 2. The van der Waals surface area contributed by atoms with E-state index in [-0.39, 0.29) is 11.9 Å². The number of piperazine rings is 1. The normalized spacial score (nSPS) is 17.0. The Balaban J connectivity index is 1.67. The predicted octanol–water partition coefficient (Wildman–Crippen LogP) is 2.00. The molecule has 22 heavy (non-hydrogen) atoms. The fourth-order valence-corrected chi connectivity index (χ4v) is 2.65. The van der Waals surface area contributed by atoms with Gasteiger partial charge in [0.15, 0.2) is 0 Å². The molecule has 3 rings (SSSR count). The lowest BCUT2D eigenvalue weighted by Gasteiger charge is -2.36. The van der Waals surface area contributed by atoms with Crippen molar-refractivity contribution >= 4 is 5.95 Å². The van der Waals surface area contributed by atoms with Gasteiger partial charge in [0.25, 0.3) is 0 Å². The van der Waals surface area contributed by atoms with E-state index in [0.29, 0.717) is 0 Å². The lowest BCUT2D eigenvalue weighted by Crippen LogP contribution is -2.48. The Bertz CT molecular complexity index is 644. The van der Waals surface area contributed by atoms with Crippen molar-refractivity contribution in [3.63, 3.8) is 0 Å². The quantitative estimate of drug-likeness (QED) is 0.867. The summed E-state index contributed by atoms with van der Waals surface area (Å²) in [6.07, 6.45) is 3.45. The van der Waals surface area contributed by atoms with Crippen LogP contribution in [-0.4, -0.2) is 41.0 Å². The number of nitrogens with zero attached hydrogens (tertiary/aromatic N) is 5. The summed E-state index contributed by atoms with van der Waals surface area (Å²) < 4.78 is 13.0. The van der Waals surface area contributed by atoms with Crippen LogP contribution >= 0.6 is 0 Å². The molecule has 112 valence electrons. The predicted molar refractivity (Wildman–Crippen MR) is 80.6 cm³/mol. The lowest BCUT2D eigenvalue weighted by molar-refractivity contribution is 0.221. The summed E-state index contributed by atoms with van der Waals surface area (Å²) in [6.45, 7) is 3.02. The fourth-order valence-electron chi connectivity index (χ4n) is 2.65. The zero-order valence-electron chi connectivity index (χ0n) is 12.1. The summed E-state index contributed by atoms with van der Waals surface area (Å²) in [7, 11) is 0. The van der Waals surface area contributed by atoms with Crippen LogP contribution in [0.15, 0.2) is 42.7 Å². The number of halogens is 1. The molecule has 1 aromatic heterocycles. The first kappa shape index (κ1) is 14.4. The molecular weight excluding hydrogens is 281 g/mol. The van der Waals surface area contributed by atoms with Gasteiger partial charge in [-0.3, -0.25) is 4.90 Å². The molecule has 1 saturated heterocycles. The van der Waals surface area contributed by atoms with E-state index in [4.69, 9.17) is 0 Å². The van der Waals surface area contributed by atoms with Crippen molar-refractivity contribution in [2.75, 3.05) is 31.1 Å². The molecule has 0 spiro atoms. The maximum Gasteiger partial charge on any atom is 0.225 e. The minimum Gasteiger partial charge on any atom is -0.338 e. The number of anilines is 1. The third kappa shape index (κ3) is 3.05. The highest BCUT2D eigenvalue weighted by Crippen LogP contribution is 2.22. The Morgan fingerprint density at radius 3 is 2.27 bits per heavy atom. The Hall–Kier alpha value is -2.52. The number of rotatable bonds is 3. The molecule has 2 aromatic rings. The van der Waals surface area contributed by atoms with Gasteiger partial charge in [0.05, 0.1) is 6.07 Å². The SMILES string of the molecule is N#CC(c1ccc(F)cc1)N1CCN(c2ncccn2)CC1. The smallest absolute Gasteiger partial charge is 0.225 e. The number of hydrogen-bond donors (Lipinski definition) is 0. The van der Waals surface area contributed by atoms with E-state index in [1.54, 1.807) is 30.6 Å². The van der Waals surface area contributed by atoms with E-state index in [9.17, 15) is 9.65 Å². The zero-order chi connectivity index (χ0) is 15.4. The molecule has 0 amide bonds. The number of hydrogen-bond acceptors (Lipinski definition) is 5. The van der Waals surface area contributed by atoms with Gasteiger partial charge >= 0.3 is 0 Å². The van der Waals surface area contributed by atoms with Crippen LogP contribution in [0.4, 0.5) is 10.3 Å². The first-order valence-corrected chi connectivity index (χ1v) is 7.19. The molecule has 1 aliphatic rings. The Morgan fingerprint density at radius 1 is 1.05 bits per heavy atom. The minimum absolute atomic E-state index is 0.286. The Kier molecular flexibility index (Phi) is 4.26. The average Bonchev–Trinajstić information content (AvgIpc) is 2.59. The molecule has 6 heteroatoms. The molecule has 0 radical (unpaired) electrons. The third-order valence-electron chi connectivity index (χ3n) is 3.82. The lowest BCUT2D eigenvalue weighted by atomic mass is 10.1. The molecular formula is C16H16FN5. The molecule has 0 bridgehead atoms. The Morgan fingerprint density at radius 2 is 1.68 bits per heavy atom. The minimum atomic E-state index is -0.348. The van der Waals surface area contributed by atoms with Gasteiger partial charge in [-0.2, -0.15) is 5.26 Å². The molecule has 0 N–H and O–H groups in total. The van der Waals surface area contributed by atoms with Crippen LogP contribution in [0, 0.1) is 17.1 Å². The highest BCUT2D eigenvalue weighted by Gasteiger charge is 2.25. The summed E-state index contributed by atoms with van der Waals surface area (Å²) >= 11 is 0. The van der Waals surface area contributed by atoms with E-state index in [1.165, 1.54) is 12.1 Å². The summed E-state index contributed by atoms with van der Waals surface area (Å²) in [4.78, 5) is 12.7. The van der Waals surface area contributed by atoms with Crippen molar-refractivity contribution in [1.82, 2.24) is 14.9 Å². The van der Waals surface area contributed by atoms with E-state index in [0.717, 1.165) is 37.7 Å². The summed E-state index contributed by atoms with van der Waals surface area (Å²) in [6, 6.07) is 9.91. The van der Waals surface area contributed by atoms with Gasteiger partial charge in [0.2, 0.25) is 5.95 Å². The second-order valence-electron chi connectivity index (χ2n) is 5.15. The first-order valence-electron chi connectivity index (χ1n) is 7.19. The average molecular weight is 297 g/mol. The maximum atomic E-state index is 13.0. The van der Waals surface area contributed by atoms with Crippen molar-refractivity contribution in [3.05, 3.63) is 54.1 Å². The van der Waals surface area contributed by atoms with Gasteiger partial charge < -0.3 is 4.90 Å². The van der Waals surface area contributed by atoms with Gasteiger partial charge in [-0.15, -0.1) is 0 Å². The molecule has 0 saturated carbocycles. The van der Waals surface area contributed by atoms with Gasteiger partial charge in [0.1, 0.15) is 11.9 Å². The Labute approximate surface area is 128 Å². The number of benzene rings is 1. The van der Waals surface area contributed by atoms with E-state index < -0.39 is 0 Å². The van der Waals surface area contributed by atoms with Crippen molar-refractivity contribution in [2.24, 2.45) is 0 Å². The zero-order valence-corrected chi connectivity index (χ0v) is 12.1. The van der Waals surface area contributed by atoms with E-state index in [2.05, 4.69) is 25.8 Å². The van der Waals surface area contributed by atoms with Crippen LogP contribution in [0.3, 0.4) is 0 Å². The van der Waals surface area contributed by atoms with E-state index in [1.807, 2.05) is 0 Å². The number of nitriles is 1. The van der Waals surface area contributed by atoms with Crippen LogP contribution in [0.2, 0.25) is 0 Å². The fraction of sp³-hybridized carbons (Fsp3) is 0.312. The van der Waals surface area contributed by atoms with Gasteiger partial charge in [-0.25, -0.2) is 14.4 Å². The second kappa shape index (κ2) is 6.50. The highest BCUT2D eigenvalue weighted by molar-refractivity contribution is 5.30. The third-order valence-corrected chi connectivity index (χ3v) is 3.82. The largest absolute Gasteiger partial charge is 0.338 e. The first-order chi connectivity index (χ1) is 10.8. The molecule has 1 fully saturated rings.